The maximum atomic E-state index is 13.6. The molecule has 4 nitrogen and oxygen atoms in total. The van der Waals surface area contributed by atoms with Crippen LogP contribution in [0.2, 0.25) is 0 Å². The molecule has 0 aliphatic rings. The van der Waals surface area contributed by atoms with Crippen LogP contribution in [-0.2, 0) is 0 Å². The van der Waals surface area contributed by atoms with E-state index in [-0.39, 0.29) is 11.6 Å². The second-order valence-corrected chi connectivity index (χ2v) is 4.47. The first-order valence-electron chi connectivity index (χ1n) is 5.20. The summed E-state index contributed by atoms with van der Waals surface area (Å²) in [6, 6.07) is 7.79. The van der Waals surface area contributed by atoms with Gasteiger partial charge >= 0.3 is 0 Å². The highest BCUT2D eigenvalue weighted by molar-refractivity contribution is 9.10. The molecule has 0 N–H and O–H groups in total. The summed E-state index contributed by atoms with van der Waals surface area (Å²) in [7, 11) is 1.47. The van der Waals surface area contributed by atoms with Crippen molar-refractivity contribution in [3.05, 3.63) is 46.3 Å². The van der Waals surface area contributed by atoms with Crippen molar-refractivity contribution in [3.8, 4) is 23.4 Å². The molecular weight excluding hydrogens is 315 g/mol. The second kappa shape index (κ2) is 5.67. The van der Waals surface area contributed by atoms with Gasteiger partial charge in [-0.2, -0.15) is 5.26 Å². The third-order valence-corrected chi connectivity index (χ3v) is 2.67. The van der Waals surface area contributed by atoms with Gasteiger partial charge in [0.2, 0.25) is 0 Å². The van der Waals surface area contributed by atoms with E-state index in [0.717, 1.165) is 0 Å². The molecule has 0 spiro atoms. The monoisotopic (exact) mass is 322 g/mol. The summed E-state index contributed by atoms with van der Waals surface area (Å²) in [5.41, 5.74) is 0.354. The van der Waals surface area contributed by atoms with E-state index >= 15 is 0 Å². The summed E-state index contributed by atoms with van der Waals surface area (Å²) < 4.78 is 24.4. The highest BCUT2D eigenvalue weighted by Gasteiger charge is 2.09. The Balaban J connectivity index is 2.35. The summed E-state index contributed by atoms with van der Waals surface area (Å²) in [5, 5.41) is 8.88. The van der Waals surface area contributed by atoms with E-state index in [1.165, 1.54) is 25.4 Å². The van der Waals surface area contributed by atoms with Gasteiger partial charge in [-0.3, -0.25) is 0 Å². The number of hydrogen-bond acceptors (Lipinski definition) is 4. The molecule has 19 heavy (non-hydrogen) atoms. The summed E-state index contributed by atoms with van der Waals surface area (Å²) in [5.74, 6) is -0.0350. The number of nitriles is 1. The molecule has 96 valence electrons. The van der Waals surface area contributed by atoms with E-state index in [1.807, 2.05) is 6.07 Å². The molecule has 0 bridgehead atoms. The van der Waals surface area contributed by atoms with Crippen molar-refractivity contribution in [2.75, 3.05) is 7.11 Å². The van der Waals surface area contributed by atoms with Gasteiger partial charge in [-0.1, -0.05) is 0 Å². The van der Waals surface area contributed by atoms with Crippen LogP contribution in [0.1, 0.15) is 5.56 Å². The lowest BCUT2D eigenvalue weighted by Crippen LogP contribution is -1.93. The summed E-state index contributed by atoms with van der Waals surface area (Å²) in [4.78, 5) is 3.82. The maximum Gasteiger partial charge on any atom is 0.255 e. The first kappa shape index (κ1) is 13.3. The van der Waals surface area contributed by atoms with Crippen molar-refractivity contribution in [3.63, 3.8) is 0 Å². The molecule has 0 radical (unpaired) electrons. The first-order chi connectivity index (χ1) is 9.12. The van der Waals surface area contributed by atoms with Crippen LogP contribution in [0.4, 0.5) is 4.39 Å². The molecule has 0 fully saturated rings. The van der Waals surface area contributed by atoms with Crippen LogP contribution in [-0.4, -0.2) is 12.1 Å². The van der Waals surface area contributed by atoms with Gasteiger partial charge in [0.25, 0.3) is 5.88 Å². The maximum absolute atomic E-state index is 13.6. The number of nitrogens with zero attached hydrogens (tertiary/aromatic N) is 2. The molecule has 0 amide bonds. The van der Waals surface area contributed by atoms with Gasteiger partial charge < -0.3 is 9.47 Å². The predicted octanol–water partition coefficient (Wildman–Crippen LogP) is 3.66. The van der Waals surface area contributed by atoms with Crippen molar-refractivity contribution in [1.82, 2.24) is 4.98 Å². The lowest BCUT2D eigenvalue weighted by molar-refractivity contribution is 0.399. The molecular formula is C13H8BrFN2O2. The molecule has 1 heterocycles. The number of pyridine rings is 1. The molecule has 6 heteroatoms. The Hall–Kier alpha value is -2.13. The first-order valence-corrected chi connectivity index (χ1v) is 6.00. The molecule has 0 aliphatic carbocycles. The lowest BCUT2D eigenvalue weighted by Gasteiger charge is -2.08. The summed E-state index contributed by atoms with van der Waals surface area (Å²) >= 11 is 3.11. The van der Waals surface area contributed by atoms with Crippen LogP contribution in [0.3, 0.4) is 0 Å². The second-order valence-electron chi connectivity index (χ2n) is 3.55. The Labute approximate surface area is 117 Å². The number of rotatable bonds is 3. The normalized spacial score (nSPS) is 9.79. The van der Waals surface area contributed by atoms with Crippen molar-refractivity contribution in [2.24, 2.45) is 0 Å². The zero-order valence-electron chi connectivity index (χ0n) is 9.85. The Morgan fingerprint density at radius 2 is 2.00 bits per heavy atom. The van der Waals surface area contributed by atoms with E-state index < -0.39 is 5.82 Å². The van der Waals surface area contributed by atoms with Crippen molar-refractivity contribution in [2.45, 2.75) is 0 Å². The highest BCUT2D eigenvalue weighted by atomic mass is 79.9. The predicted molar refractivity (Wildman–Crippen MR) is 69.7 cm³/mol. The van der Waals surface area contributed by atoms with Crippen LogP contribution < -0.4 is 9.47 Å². The van der Waals surface area contributed by atoms with Gasteiger partial charge in [-0.25, -0.2) is 9.37 Å². The van der Waals surface area contributed by atoms with Crippen LogP contribution in [0.5, 0.6) is 17.4 Å². The third kappa shape index (κ3) is 3.20. The average Bonchev–Trinajstić information content (AvgIpc) is 2.41. The molecule has 0 unspecified atom stereocenters. The lowest BCUT2D eigenvalue weighted by atomic mass is 10.2. The van der Waals surface area contributed by atoms with Crippen LogP contribution >= 0.6 is 15.9 Å². The van der Waals surface area contributed by atoms with Gasteiger partial charge in [0.05, 0.1) is 18.7 Å². The summed E-state index contributed by atoms with van der Waals surface area (Å²) in [6.45, 7) is 0. The highest BCUT2D eigenvalue weighted by Crippen LogP contribution is 2.28. The van der Waals surface area contributed by atoms with Crippen molar-refractivity contribution >= 4 is 15.9 Å². The Kier molecular flexibility index (Phi) is 3.97. The standard InChI is InChI=1S/C13H8BrFN2O2/c1-18-10-2-8(6-16)3-11(5-10)19-13-12(15)4-9(14)7-17-13/h2-5,7H,1H3. The largest absolute Gasteiger partial charge is 0.497 e. The smallest absolute Gasteiger partial charge is 0.255 e. The fourth-order valence-electron chi connectivity index (χ4n) is 1.40. The molecule has 1 aromatic heterocycles. The molecule has 0 atom stereocenters. The zero-order chi connectivity index (χ0) is 13.8. The number of aromatic nitrogens is 1. The third-order valence-electron chi connectivity index (χ3n) is 2.23. The molecule has 2 aromatic rings. The van der Waals surface area contributed by atoms with E-state index in [9.17, 15) is 4.39 Å². The fraction of sp³-hybridized carbons (Fsp3) is 0.0769. The van der Waals surface area contributed by atoms with Gasteiger partial charge in [0, 0.05) is 16.7 Å². The van der Waals surface area contributed by atoms with Gasteiger partial charge in [-0.15, -0.1) is 0 Å². The van der Waals surface area contributed by atoms with Gasteiger partial charge in [0.15, 0.2) is 5.82 Å². The zero-order valence-corrected chi connectivity index (χ0v) is 11.4. The minimum atomic E-state index is -0.601. The SMILES string of the molecule is COc1cc(C#N)cc(Oc2ncc(Br)cc2F)c1. The molecule has 0 saturated heterocycles. The van der Waals surface area contributed by atoms with Gasteiger partial charge in [0.1, 0.15) is 11.5 Å². The van der Waals surface area contributed by atoms with Gasteiger partial charge in [-0.05, 0) is 34.1 Å². The van der Waals surface area contributed by atoms with Crippen LogP contribution in [0, 0.1) is 17.1 Å². The number of benzene rings is 1. The Bertz CT molecular complexity index is 656. The van der Waals surface area contributed by atoms with Crippen molar-refractivity contribution < 1.29 is 13.9 Å². The summed E-state index contributed by atoms with van der Waals surface area (Å²) in [6.07, 6.45) is 1.42. The van der Waals surface area contributed by atoms with Crippen LogP contribution in [0.25, 0.3) is 0 Å². The Morgan fingerprint density at radius 1 is 1.26 bits per heavy atom. The fourth-order valence-corrected chi connectivity index (χ4v) is 1.71. The minimum absolute atomic E-state index is 0.166. The topological polar surface area (TPSA) is 55.1 Å². The molecule has 0 saturated carbocycles. The number of ether oxygens (including phenoxy) is 2. The average molecular weight is 323 g/mol. The van der Waals surface area contributed by atoms with E-state index in [2.05, 4.69) is 20.9 Å². The number of methoxy groups -OCH3 is 1. The Morgan fingerprint density at radius 3 is 2.63 bits per heavy atom. The quantitative estimate of drug-likeness (QED) is 0.865. The molecule has 0 aliphatic heterocycles. The van der Waals surface area contributed by atoms with E-state index in [0.29, 0.717) is 15.8 Å². The minimum Gasteiger partial charge on any atom is -0.497 e. The van der Waals surface area contributed by atoms with E-state index in [1.54, 1.807) is 12.1 Å². The van der Waals surface area contributed by atoms with E-state index in [4.69, 9.17) is 14.7 Å². The molecule has 1 aromatic carbocycles. The number of halogens is 2. The number of hydrogen-bond donors (Lipinski definition) is 0. The van der Waals surface area contributed by atoms with Crippen LogP contribution in [0.15, 0.2) is 34.9 Å². The van der Waals surface area contributed by atoms with Crippen molar-refractivity contribution in [1.29, 1.82) is 5.26 Å². The molecule has 2 rings (SSSR count).